The monoisotopic (exact) mass is 398 g/mol. The van der Waals surface area contributed by atoms with Gasteiger partial charge in [0.2, 0.25) is 0 Å². The summed E-state index contributed by atoms with van der Waals surface area (Å²) in [6.45, 7) is 7.98. The molecule has 1 aliphatic heterocycles. The molecular weight excluding hydrogens is 364 g/mol. The standard InChI is InChI=1S/C25H34O4/c1-18(8-5-9-19(2)11-7-13-22-14-15-28-17-22)10-6-12-20(3)16-23-24(26)21(4)25(27)29-23/h8-9,12,14-15,17,23,26H,5-7,10-11,13,16H2,1-4H3/t23-/m1/s1. The number of esters is 1. The Bertz CT molecular complexity index is 791. The van der Waals surface area contributed by atoms with Gasteiger partial charge in [0.15, 0.2) is 6.10 Å². The van der Waals surface area contributed by atoms with E-state index >= 15 is 0 Å². The van der Waals surface area contributed by atoms with Gasteiger partial charge >= 0.3 is 5.97 Å². The third-order valence-electron chi connectivity index (χ3n) is 5.33. The second-order valence-electron chi connectivity index (χ2n) is 8.02. The molecule has 0 amide bonds. The van der Waals surface area contributed by atoms with Gasteiger partial charge in [0.1, 0.15) is 5.76 Å². The molecule has 1 aromatic heterocycles. The molecule has 1 aliphatic rings. The normalized spacial score (nSPS) is 18.6. The van der Waals surface area contributed by atoms with Crippen LogP contribution in [-0.4, -0.2) is 17.2 Å². The Morgan fingerprint density at radius 1 is 1.10 bits per heavy atom. The average Bonchev–Trinajstić information content (AvgIpc) is 3.27. The fourth-order valence-electron chi connectivity index (χ4n) is 3.35. The highest BCUT2D eigenvalue weighted by Crippen LogP contribution is 2.25. The van der Waals surface area contributed by atoms with Gasteiger partial charge in [0.25, 0.3) is 0 Å². The largest absolute Gasteiger partial charge is 0.508 e. The zero-order chi connectivity index (χ0) is 21.2. The zero-order valence-corrected chi connectivity index (χ0v) is 18.2. The first-order valence-electron chi connectivity index (χ1n) is 10.5. The molecule has 2 rings (SSSR count). The maximum absolute atomic E-state index is 11.5. The zero-order valence-electron chi connectivity index (χ0n) is 18.2. The van der Waals surface area contributed by atoms with Crippen LogP contribution in [0, 0.1) is 0 Å². The Morgan fingerprint density at radius 3 is 2.45 bits per heavy atom. The van der Waals surface area contributed by atoms with Crippen molar-refractivity contribution in [2.45, 2.75) is 78.7 Å². The third kappa shape index (κ3) is 7.80. The Hall–Kier alpha value is -2.49. The molecule has 1 aromatic rings. The van der Waals surface area contributed by atoms with Crippen LogP contribution in [0.4, 0.5) is 0 Å². The van der Waals surface area contributed by atoms with Crippen molar-refractivity contribution in [3.05, 3.63) is 70.4 Å². The van der Waals surface area contributed by atoms with Crippen LogP contribution < -0.4 is 0 Å². The third-order valence-corrected chi connectivity index (χ3v) is 5.33. The van der Waals surface area contributed by atoms with Crippen LogP contribution >= 0.6 is 0 Å². The number of aryl methyl sites for hydroxylation is 1. The van der Waals surface area contributed by atoms with E-state index in [1.807, 2.05) is 19.3 Å². The van der Waals surface area contributed by atoms with Crippen molar-refractivity contribution in [2.24, 2.45) is 0 Å². The number of furan rings is 1. The highest BCUT2D eigenvalue weighted by Gasteiger charge is 2.31. The van der Waals surface area contributed by atoms with Gasteiger partial charge in [0.05, 0.1) is 18.1 Å². The van der Waals surface area contributed by atoms with Gasteiger partial charge in [-0.3, -0.25) is 0 Å². The number of ether oxygens (including phenoxy) is 1. The lowest BCUT2D eigenvalue weighted by Crippen LogP contribution is -2.12. The summed E-state index contributed by atoms with van der Waals surface area (Å²) in [7, 11) is 0. The smallest absolute Gasteiger partial charge is 0.338 e. The summed E-state index contributed by atoms with van der Waals surface area (Å²) in [6.07, 6.45) is 16.6. The number of rotatable bonds is 11. The van der Waals surface area contributed by atoms with Crippen LogP contribution in [0.15, 0.2) is 69.3 Å². The molecule has 158 valence electrons. The van der Waals surface area contributed by atoms with Gasteiger partial charge in [-0.1, -0.05) is 34.9 Å². The molecule has 0 bridgehead atoms. The molecule has 0 aliphatic carbocycles. The number of cyclic esters (lactones) is 1. The molecule has 0 spiro atoms. The minimum absolute atomic E-state index is 0.0748. The van der Waals surface area contributed by atoms with E-state index in [9.17, 15) is 9.90 Å². The number of hydrogen-bond acceptors (Lipinski definition) is 4. The van der Waals surface area contributed by atoms with Crippen LogP contribution in [0.2, 0.25) is 0 Å². The van der Waals surface area contributed by atoms with Crippen LogP contribution in [0.5, 0.6) is 0 Å². The van der Waals surface area contributed by atoms with Crippen molar-refractivity contribution >= 4 is 5.97 Å². The van der Waals surface area contributed by atoms with Gasteiger partial charge in [-0.05, 0) is 77.8 Å². The summed E-state index contributed by atoms with van der Waals surface area (Å²) in [5, 5.41) is 9.92. The van der Waals surface area contributed by atoms with E-state index in [1.165, 1.54) is 16.7 Å². The van der Waals surface area contributed by atoms with E-state index in [-0.39, 0.29) is 5.76 Å². The lowest BCUT2D eigenvalue weighted by Gasteiger charge is -2.10. The van der Waals surface area contributed by atoms with Crippen molar-refractivity contribution in [1.29, 1.82) is 0 Å². The van der Waals surface area contributed by atoms with Crippen molar-refractivity contribution in [1.82, 2.24) is 0 Å². The Kier molecular flexibility index (Phi) is 9.04. The molecule has 0 fully saturated rings. The Balaban J connectivity index is 1.66. The van der Waals surface area contributed by atoms with Crippen molar-refractivity contribution in [3.63, 3.8) is 0 Å². The van der Waals surface area contributed by atoms with Crippen LogP contribution in [-0.2, 0) is 16.0 Å². The van der Waals surface area contributed by atoms with E-state index in [1.54, 1.807) is 13.2 Å². The summed E-state index contributed by atoms with van der Waals surface area (Å²) in [4.78, 5) is 11.5. The minimum Gasteiger partial charge on any atom is -0.508 e. The first-order valence-corrected chi connectivity index (χ1v) is 10.5. The molecule has 4 heteroatoms. The molecule has 0 unspecified atom stereocenters. The summed E-state index contributed by atoms with van der Waals surface area (Å²) in [5.41, 5.74) is 5.53. The SMILES string of the molecule is CC(=CCC=C(C)CCCc1ccoc1)CCC=C(C)C[C@H]1OC(=O)C(C)=C1O. The first kappa shape index (κ1) is 22.8. The van der Waals surface area contributed by atoms with Gasteiger partial charge in [-0.2, -0.15) is 0 Å². The summed E-state index contributed by atoms with van der Waals surface area (Å²) >= 11 is 0. The molecule has 1 N–H and O–H groups in total. The molecule has 0 saturated carbocycles. The summed E-state index contributed by atoms with van der Waals surface area (Å²) < 4.78 is 10.3. The van der Waals surface area contributed by atoms with Crippen LogP contribution in [0.25, 0.3) is 0 Å². The van der Waals surface area contributed by atoms with Crippen LogP contribution in [0.1, 0.15) is 71.8 Å². The highest BCUT2D eigenvalue weighted by molar-refractivity contribution is 5.91. The topological polar surface area (TPSA) is 59.7 Å². The number of hydrogen-bond donors (Lipinski definition) is 1. The molecule has 1 atom stereocenters. The summed E-state index contributed by atoms with van der Waals surface area (Å²) in [5.74, 6) is -0.338. The number of carbonyl (C=O) groups excluding carboxylic acids is 1. The second kappa shape index (κ2) is 11.5. The quantitative estimate of drug-likeness (QED) is 0.330. The average molecular weight is 399 g/mol. The Morgan fingerprint density at radius 2 is 1.83 bits per heavy atom. The molecular formula is C25H34O4. The fraction of sp³-hybridized carbons (Fsp3) is 0.480. The van der Waals surface area contributed by atoms with E-state index < -0.39 is 12.1 Å². The molecule has 2 heterocycles. The van der Waals surface area contributed by atoms with Gasteiger partial charge in [-0.15, -0.1) is 0 Å². The van der Waals surface area contributed by atoms with Gasteiger partial charge in [-0.25, -0.2) is 4.79 Å². The predicted molar refractivity (Wildman–Crippen MR) is 117 cm³/mol. The van der Waals surface area contributed by atoms with Crippen molar-refractivity contribution < 1.29 is 19.1 Å². The van der Waals surface area contributed by atoms with E-state index in [0.29, 0.717) is 12.0 Å². The lowest BCUT2D eigenvalue weighted by atomic mass is 10.0. The van der Waals surface area contributed by atoms with Crippen molar-refractivity contribution in [2.75, 3.05) is 0 Å². The molecule has 0 radical (unpaired) electrons. The van der Waals surface area contributed by atoms with Crippen molar-refractivity contribution in [3.8, 4) is 0 Å². The predicted octanol–water partition coefficient (Wildman–Crippen LogP) is 6.76. The maximum atomic E-state index is 11.5. The molecule has 0 aromatic carbocycles. The highest BCUT2D eigenvalue weighted by atomic mass is 16.6. The minimum atomic E-state index is -0.517. The van der Waals surface area contributed by atoms with Gasteiger partial charge < -0.3 is 14.3 Å². The number of carbonyl (C=O) groups is 1. The summed E-state index contributed by atoms with van der Waals surface area (Å²) in [6, 6.07) is 2.03. The lowest BCUT2D eigenvalue weighted by molar-refractivity contribution is -0.140. The molecule has 29 heavy (non-hydrogen) atoms. The number of aliphatic hydroxyl groups excluding tert-OH is 1. The maximum Gasteiger partial charge on any atom is 0.338 e. The van der Waals surface area contributed by atoms with E-state index in [4.69, 9.17) is 9.15 Å². The Labute approximate surface area is 174 Å². The molecule has 4 nitrogen and oxygen atoms in total. The second-order valence-corrected chi connectivity index (χ2v) is 8.02. The van der Waals surface area contributed by atoms with E-state index in [0.717, 1.165) is 44.1 Å². The van der Waals surface area contributed by atoms with E-state index in [2.05, 4.69) is 32.1 Å². The first-order chi connectivity index (χ1) is 13.9. The number of allylic oxidation sites excluding steroid dienone is 5. The van der Waals surface area contributed by atoms with Gasteiger partial charge in [0, 0.05) is 6.42 Å². The fourth-order valence-corrected chi connectivity index (χ4v) is 3.35. The van der Waals surface area contributed by atoms with Crippen LogP contribution in [0.3, 0.4) is 0 Å². The number of aliphatic hydroxyl groups is 1. The molecule has 0 saturated heterocycles.